The van der Waals surface area contributed by atoms with Gasteiger partial charge in [-0.15, -0.1) is 0 Å². The fourth-order valence-corrected chi connectivity index (χ4v) is 3.25. The molecule has 0 aromatic heterocycles. The number of methoxy groups -OCH3 is 1. The Bertz CT molecular complexity index is 431. The van der Waals surface area contributed by atoms with E-state index in [1.165, 1.54) is 6.42 Å². The maximum absolute atomic E-state index is 12.3. The van der Waals surface area contributed by atoms with Crippen molar-refractivity contribution in [2.75, 3.05) is 59.5 Å². The number of carbonyl (C=O) groups excluding carboxylic acids is 1. The minimum Gasteiger partial charge on any atom is -0.383 e. The van der Waals surface area contributed by atoms with Crippen LogP contribution in [0, 0.1) is 5.92 Å². The summed E-state index contributed by atoms with van der Waals surface area (Å²) >= 11 is 0. The fraction of sp³-hybridized carbons (Fsp3) is 0.889. The fourth-order valence-electron chi connectivity index (χ4n) is 3.25. The lowest BCUT2D eigenvalue weighted by atomic mass is 9.84. The predicted octanol–water partition coefficient (Wildman–Crippen LogP) is 0.521. The molecule has 1 saturated carbocycles. The Hall–Kier alpha value is -1.34. The molecule has 2 fully saturated rings. The number of guanidine groups is 1. The largest absolute Gasteiger partial charge is 0.383 e. The minimum absolute atomic E-state index is 0.226. The molecule has 7 heteroatoms. The van der Waals surface area contributed by atoms with Gasteiger partial charge in [0.1, 0.15) is 0 Å². The summed E-state index contributed by atoms with van der Waals surface area (Å²) in [6.07, 6.45) is 3.41. The Morgan fingerprint density at radius 2 is 2.00 bits per heavy atom. The monoisotopic (exact) mass is 353 g/mol. The van der Waals surface area contributed by atoms with E-state index < -0.39 is 0 Å². The predicted molar refractivity (Wildman–Crippen MR) is 101 cm³/mol. The maximum atomic E-state index is 12.3. The van der Waals surface area contributed by atoms with Crippen LogP contribution in [0.15, 0.2) is 4.99 Å². The molecule has 2 rings (SSSR count). The van der Waals surface area contributed by atoms with Gasteiger partial charge in [-0.3, -0.25) is 14.7 Å². The van der Waals surface area contributed by atoms with Crippen LogP contribution < -0.4 is 10.6 Å². The number of hydrogen-bond acceptors (Lipinski definition) is 4. The normalized spacial score (nSPS) is 20.9. The van der Waals surface area contributed by atoms with Gasteiger partial charge in [0.05, 0.1) is 13.2 Å². The molecule has 0 aromatic rings. The Kier molecular flexibility index (Phi) is 8.48. The summed E-state index contributed by atoms with van der Waals surface area (Å²) in [5.41, 5.74) is 0. The Balaban J connectivity index is 1.68. The molecule has 1 amide bonds. The standard InChI is InChI=1S/C18H35N5O2/c1-4-19-18(21-15(2)14-25-3)20-8-9-22-10-12-23(13-11-22)17(24)16-6-5-7-16/h15-16H,4-14H2,1-3H3,(H2,19,20,21). The summed E-state index contributed by atoms with van der Waals surface area (Å²) in [6, 6.07) is 0.226. The van der Waals surface area contributed by atoms with Crippen LogP contribution in [-0.2, 0) is 9.53 Å². The smallest absolute Gasteiger partial charge is 0.225 e. The molecule has 1 aliphatic carbocycles. The van der Waals surface area contributed by atoms with Crippen LogP contribution in [0.3, 0.4) is 0 Å². The molecule has 0 bridgehead atoms. The van der Waals surface area contributed by atoms with Gasteiger partial charge < -0.3 is 20.3 Å². The summed E-state index contributed by atoms with van der Waals surface area (Å²) in [4.78, 5) is 21.4. The molecule has 1 unspecified atom stereocenters. The quantitative estimate of drug-likeness (QED) is 0.492. The maximum Gasteiger partial charge on any atom is 0.225 e. The lowest BCUT2D eigenvalue weighted by Crippen LogP contribution is -2.51. The van der Waals surface area contributed by atoms with Crippen molar-refractivity contribution in [2.45, 2.75) is 39.2 Å². The average molecular weight is 354 g/mol. The first-order valence-corrected chi connectivity index (χ1v) is 9.69. The van der Waals surface area contributed by atoms with Gasteiger partial charge in [-0.2, -0.15) is 0 Å². The van der Waals surface area contributed by atoms with E-state index in [4.69, 9.17) is 4.74 Å². The average Bonchev–Trinajstić information content (AvgIpc) is 2.54. The van der Waals surface area contributed by atoms with Crippen LogP contribution in [0.1, 0.15) is 33.1 Å². The number of nitrogens with one attached hydrogen (secondary N) is 2. The number of hydrogen-bond donors (Lipinski definition) is 2. The Morgan fingerprint density at radius 3 is 2.56 bits per heavy atom. The minimum atomic E-state index is 0.226. The molecule has 1 heterocycles. The first-order valence-electron chi connectivity index (χ1n) is 9.69. The van der Waals surface area contributed by atoms with Gasteiger partial charge in [-0.1, -0.05) is 6.42 Å². The van der Waals surface area contributed by atoms with Gasteiger partial charge in [0, 0.05) is 58.3 Å². The highest BCUT2D eigenvalue weighted by Gasteiger charge is 2.30. The van der Waals surface area contributed by atoms with Gasteiger partial charge in [0.2, 0.25) is 5.91 Å². The van der Waals surface area contributed by atoms with Crippen molar-refractivity contribution in [2.24, 2.45) is 10.9 Å². The molecule has 0 radical (unpaired) electrons. The topological polar surface area (TPSA) is 69.2 Å². The van der Waals surface area contributed by atoms with Crippen LogP contribution in [0.25, 0.3) is 0 Å². The molecule has 1 atom stereocenters. The summed E-state index contributed by atoms with van der Waals surface area (Å²) in [7, 11) is 1.71. The Morgan fingerprint density at radius 1 is 1.28 bits per heavy atom. The molecule has 25 heavy (non-hydrogen) atoms. The molecule has 0 spiro atoms. The van der Waals surface area contributed by atoms with Crippen LogP contribution in [0.2, 0.25) is 0 Å². The van der Waals surface area contributed by atoms with Crippen LogP contribution in [-0.4, -0.2) is 87.2 Å². The second-order valence-corrected chi connectivity index (χ2v) is 7.06. The molecule has 144 valence electrons. The van der Waals surface area contributed by atoms with E-state index in [9.17, 15) is 4.79 Å². The van der Waals surface area contributed by atoms with Gasteiger partial charge in [-0.05, 0) is 26.7 Å². The molecule has 7 nitrogen and oxygen atoms in total. The zero-order chi connectivity index (χ0) is 18.1. The van der Waals surface area contributed by atoms with Crippen molar-refractivity contribution in [1.29, 1.82) is 0 Å². The summed E-state index contributed by atoms with van der Waals surface area (Å²) in [5.74, 6) is 1.54. The van der Waals surface area contributed by atoms with Gasteiger partial charge >= 0.3 is 0 Å². The SMILES string of the molecule is CCNC(=NCCN1CCN(C(=O)C2CCC2)CC1)NC(C)COC. The molecule has 1 saturated heterocycles. The highest BCUT2D eigenvalue weighted by Crippen LogP contribution is 2.28. The van der Waals surface area contributed by atoms with Crippen LogP contribution in [0.5, 0.6) is 0 Å². The zero-order valence-electron chi connectivity index (χ0n) is 16.1. The van der Waals surface area contributed by atoms with E-state index >= 15 is 0 Å². The lowest BCUT2D eigenvalue weighted by molar-refractivity contribution is -0.139. The highest BCUT2D eigenvalue weighted by atomic mass is 16.5. The highest BCUT2D eigenvalue weighted by molar-refractivity contribution is 5.80. The first kappa shape index (κ1) is 20.0. The Labute approximate surface area is 152 Å². The number of piperazine rings is 1. The van der Waals surface area contributed by atoms with Crippen molar-refractivity contribution in [3.05, 3.63) is 0 Å². The number of rotatable bonds is 8. The number of nitrogens with zero attached hydrogens (tertiary/aromatic N) is 3. The number of ether oxygens (including phenoxy) is 1. The first-order chi connectivity index (χ1) is 12.1. The lowest BCUT2D eigenvalue weighted by Gasteiger charge is -2.38. The van der Waals surface area contributed by atoms with Crippen molar-refractivity contribution >= 4 is 11.9 Å². The second kappa shape index (κ2) is 10.6. The van der Waals surface area contributed by atoms with Crippen molar-refractivity contribution in [3.8, 4) is 0 Å². The molecular weight excluding hydrogens is 318 g/mol. The van der Waals surface area contributed by atoms with Gasteiger partial charge in [0.25, 0.3) is 0 Å². The van der Waals surface area contributed by atoms with E-state index in [2.05, 4.69) is 39.3 Å². The third-order valence-electron chi connectivity index (χ3n) is 4.97. The number of aliphatic imine (C=N–C) groups is 1. The zero-order valence-corrected chi connectivity index (χ0v) is 16.1. The van der Waals surface area contributed by atoms with E-state index in [1.54, 1.807) is 7.11 Å². The van der Waals surface area contributed by atoms with Crippen molar-refractivity contribution in [3.63, 3.8) is 0 Å². The summed E-state index contributed by atoms with van der Waals surface area (Å²) in [5, 5.41) is 6.62. The molecular formula is C18H35N5O2. The molecule has 2 aliphatic rings. The summed E-state index contributed by atoms with van der Waals surface area (Å²) < 4.78 is 5.15. The van der Waals surface area contributed by atoms with Crippen molar-refractivity contribution < 1.29 is 9.53 Å². The van der Waals surface area contributed by atoms with Crippen molar-refractivity contribution in [1.82, 2.24) is 20.4 Å². The third-order valence-corrected chi connectivity index (χ3v) is 4.97. The molecule has 0 aromatic carbocycles. The van der Waals surface area contributed by atoms with E-state index in [0.29, 0.717) is 18.4 Å². The van der Waals surface area contributed by atoms with E-state index in [1.807, 2.05) is 0 Å². The van der Waals surface area contributed by atoms with Gasteiger partial charge in [-0.25, -0.2) is 0 Å². The van der Waals surface area contributed by atoms with E-state index in [-0.39, 0.29) is 6.04 Å². The second-order valence-electron chi connectivity index (χ2n) is 7.06. The third kappa shape index (κ3) is 6.47. The van der Waals surface area contributed by atoms with Crippen LogP contribution in [0.4, 0.5) is 0 Å². The molecule has 1 aliphatic heterocycles. The number of amides is 1. The van der Waals surface area contributed by atoms with Gasteiger partial charge in [0.15, 0.2) is 5.96 Å². The number of carbonyl (C=O) groups is 1. The van der Waals surface area contributed by atoms with E-state index in [0.717, 1.165) is 64.6 Å². The summed E-state index contributed by atoms with van der Waals surface area (Å²) in [6.45, 7) is 11.0. The molecule has 2 N–H and O–H groups in total. The van der Waals surface area contributed by atoms with Crippen LogP contribution >= 0.6 is 0 Å².